The van der Waals surface area contributed by atoms with Crippen LogP contribution in [0.1, 0.15) is 24.8 Å². The number of ether oxygens (including phenoxy) is 1. The lowest BCUT2D eigenvalue weighted by Crippen LogP contribution is -2.35. The van der Waals surface area contributed by atoms with Gasteiger partial charge in [-0.2, -0.15) is 0 Å². The fourth-order valence-electron chi connectivity index (χ4n) is 1.89. The highest BCUT2D eigenvalue weighted by molar-refractivity contribution is 5.05. The predicted molar refractivity (Wildman–Crippen MR) is 64.6 cm³/mol. The molecule has 0 amide bonds. The second-order valence-corrected chi connectivity index (χ2v) is 4.35. The number of hydrogen-bond acceptors (Lipinski definition) is 5. The van der Waals surface area contributed by atoms with E-state index in [1.807, 2.05) is 6.07 Å². The predicted octanol–water partition coefficient (Wildman–Crippen LogP) is 1.01. The quantitative estimate of drug-likeness (QED) is 0.751. The smallest absolute Gasteiger partial charge is 0.151 e. The molecule has 0 bridgehead atoms. The van der Waals surface area contributed by atoms with Gasteiger partial charge in [0.1, 0.15) is 0 Å². The Kier molecular flexibility index (Phi) is 4.97. The van der Waals surface area contributed by atoms with Crippen molar-refractivity contribution in [1.29, 1.82) is 0 Å². The second-order valence-electron chi connectivity index (χ2n) is 4.35. The number of rotatable bonds is 6. The highest BCUT2D eigenvalue weighted by Gasteiger charge is 2.13. The van der Waals surface area contributed by atoms with Gasteiger partial charge in [0.2, 0.25) is 0 Å². The van der Waals surface area contributed by atoms with Crippen LogP contribution in [0.5, 0.6) is 0 Å². The van der Waals surface area contributed by atoms with Crippen LogP contribution in [0.2, 0.25) is 0 Å². The van der Waals surface area contributed by atoms with Crippen LogP contribution in [0.3, 0.4) is 0 Å². The Bertz CT molecular complexity index is 321. The molecular weight excluding hydrogens is 218 g/mol. The van der Waals surface area contributed by atoms with Gasteiger partial charge in [-0.05, 0) is 13.0 Å². The van der Waals surface area contributed by atoms with Gasteiger partial charge >= 0.3 is 0 Å². The van der Waals surface area contributed by atoms with Crippen molar-refractivity contribution >= 4 is 0 Å². The Morgan fingerprint density at radius 3 is 3.00 bits per heavy atom. The van der Waals surface area contributed by atoms with Gasteiger partial charge in [-0.1, -0.05) is 12.1 Å². The molecule has 1 fully saturated rings. The first kappa shape index (κ1) is 12.5. The van der Waals surface area contributed by atoms with Crippen LogP contribution in [-0.4, -0.2) is 42.9 Å². The first-order valence-electron chi connectivity index (χ1n) is 6.34. The maximum atomic E-state index is 5.33. The van der Waals surface area contributed by atoms with Crippen LogP contribution in [-0.2, 0) is 17.8 Å². The Balaban J connectivity index is 1.76. The number of hydrogen-bond donors (Lipinski definition) is 1. The minimum atomic E-state index is 0.792. The van der Waals surface area contributed by atoms with E-state index in [0.717, 1.165) is 63.8 Å². The summed E-state index contributed by atoms with van der Waals surface area (Å²) in [5.41, 5.74) is 0.988. The van der Waals surface area contributed by atoms with Crippen LogP contribution in [0.15, 0.2) is 10.6 Å². The molecule has 1 N–H and O–H groups in total. The molecule has 1 saturated heterocycles. The summed E-state index contributed by atoms with van der Waals surface area (Å²) in [6, 6.07) is 2.04. The van der Waals surface area contributed by atoms with Crippen molar-refractivity contribution in [1.82, 2.24) is 15.4 Å². The fraction of sp³-hybridized carbons (Fsp3) is 0.750. The average molecular weight is 239 g/mol. The molecule has 5 nitrogen and oxygen atoms in total. The SMILES string of the molecule is CCCNCc1cc(CN2CCOCC2)on1. The normalized spacial score (nSPS) is 17.5. The summed E-state index contributed by atoms with van der Waals surface area (Å²) in [4.78, 5) is 2.33. The van der Waals surface area contributed by atoms with Crippen molar-refractivity contribution in [2.45, 2.75) is 26.4 Å². The summed E-state index contributed by atoms with van der Waals surface area (Å²) in [6.45, 7) is 8.39. The Hall–Kier alpha value is -0.910. The molecular formula is C12H21N3O2. The van der Waals surface area contributed by atoms with Gasteiger partial charge in [-0.3, -0.25) is 4.90 Å². The molecule has 0 unspecified atom stereocenters. The zero-order valence-electron chi connectivity index (χ0n) is 10.4. The van der Waals surface area contributed by atoms with Gasteiger partial charge < -0.3 is 14.6 Å². The lowest BCUT2D eigenvalue weighted by molar-refractivity contribution is 0.0305. The molecule has 2 heterocycles. The minimum Gasteiger partial charge on any atom is -0.379 e. The van der Waals surface area contributed by atoms with Crippen molar-refractivity contribution in [3.05, 3.63) is 17.5 Å². The Morgan fingerprint density at radius 1 is 1.41 bits per heavy atom. The fourth-order valence-corrected chi connectivity index (χ4v) is 1.89. The third kappa shape index (κ3) is 4.11. The molecule has 1 aromatic rings. The number of nitrogens with zero attached hydrogens (tertiary/aromatic N) is 2. The van der Waals surface area contributed by atoms with Crippen molar-refractivity contribution < 1.29 is 9.26 Å². The molecule has 1 aliphatic rings. The summed E-state index contributed by atoms with van der Waals surface area (Å²) in [5, 5.41) is 7.37. The molecule has 0 saturated carbocycles. The van der Waals surface area contributed by atoms with E-state index in [-0.39, 0.29) is 0 Å². The van der Waals surface area contributed by atoms with Gasteiger partial charge in [-0.25, -0.2) is 0 Å². The van der Waals surface area contributed by atoms with Crippen LogP contribution < -0.4 is 5.32 Å². The third-order valence-corrected chi connectivity index (χ3v) is 2.82. The lowest BCUT2D eigenvalue weighted by atomic mass is 10.3. The molecule has 17 heavy (non-hydrogen) atoms. The molecule has 96 valence electrons. The van der Waals surface area contributed by atoms with Gasteiger partial charge in [0.15, 0.2) is 5.76 Å². The maximum absolute atomic E-state index is 5.33. The summed E-state index contributed by atoms with van der Waals surface area (Å²) < 4.78 is 10.6. The summed E-state index contributed by atoms with van der Waals surface area (Å²) in [6.07, 6.45) is 1.14. The van der Waals surface area contributed by atoms with Gasteiger partial charge in [0, 0.05) is 25.7 Å². The van der Waals surface area contributed by atoms with E-state index < -0.39 is 0 Å². The molecule has 5 heteroatoms. The molecule has 1 aromatic heterocycles. The molecule has 2 rings (SSSR count). The topological polar surface area (TPSA) is 50.5 Å². The Morgan fingerprint density at radius 2 is 2.24 bits per heavy atom. The molecule has 0 aliphatic carbocycles. The molecule has 0 radical (unpaired) electrons. The number of morpholine rings is 1. The number of aromatic nitrogens is 1. The van der Waals surface area contributed by atoms with Crippen molar-refractivity contribution in [3.8, 4) is 0 Å². The molecule has 0 aromatic carbocycles. The highest BCUT2D eigenvalue weighted by atomic mass is 16.5. The van der Waals surface area contributed by atoms with E-state index in [2.05, 4.69) is 22.3 Å². The van der Waals surface area contributed by atoms with Crippen LogP contribution >= 0.6 is 0 Å². The van der Waals surface area contributed by atoms with E-state index in [4.69, 9.17) is 9.26 Å². The standard InChI is InChI=1S/C12H21N3O2/c1-2-3-13-9-11-8-12(17-14-11)10-15-4-6-16-7-5-15/h8,13H,2-7,9-10H2,1H3. The van der Waals surface area contributed by atoms with Crippen molar-refractivity contribution in [3.63, 3.8) is 0 Å². The van der Waals surface area contributed by atoms with Gasteiger partial charge in [0.25, 0.3) is 0 Å². The zero-order valence-corrected chi connectivity index (χ0v) is 10.4. The monoisotopic (exact) mass is 239 g/mol. The lowest BCUT2D eigenvalue weighted by Gasteiger charge is -2.25. The molecule has 0 spiro atoms. The number of nitrogens with one attached hydrogen (secondary N) is 1. The van der Waals surface area contributed by atoms with Gasteiger partial charge in [-0.15, -0.1) is 0 Å². The summed E-state index contributed by atoms with van der Waals surface area (Å²) in [5.74, 6) is 0.945. The largest absolute Gasteiger partial charge is 0.379 e. The highest BCUT2D eigenvalue weighted by Crippen LogP contribution is 2.08. The average Bonchev–Trinajstić information content (AvgIpc) is 2.79. The van der Waals surface area contributed by atoms with Crippen molar-refractivity contribution in [2.24, 2.45) is 0 Å². The first-order valence-corrected chi connectivity index (χ1v) is 6.34. The van der Waals surface area contributed by atoms with E-state index in [1.165, 1.54) is 0 Å². The van der Waals surface area contributed by atoms with E-state index in [1.54, 1.807) is 0 Å². The van der Waals surface area contributed by atoms with Crippen LogP contribution in [0, 0.1) is 0 Å². The summed E-state index contributed by atoms with van der Waals surface area (Å²) in [7, 11) is 0. The third-order valence-electron chi connectivity index (χ3n) is 2.82. The van der Waals surface area contributed by atoms with Crippen LogP contribution in [0.25, 0.3) is 0 Å². The van der Waals surface area contributed by atoms with Crippen molar-refractivity contribution in [2.75, 3.05) is 32.8 Å². The maximum Gasteiger partial charge on any atom is 0.151 e. The minimum absolute atomic E-state index is 0.792. The molecule has 1 aliphatic heterocycles. The second kappa shape index (κ2) is 6.74. The Labute approximate surface area is 102 Å². The van der Waals surface area contributed by atoms with E-state index >= 15 is 0 Å². The zero-order chi connectivity index (χ0) is 11.9. The van der Waals surface area contributed by atoms with E-state index in [0.29, 0.717) is 0 Å². The van der Waals surface area contributed by atoms with Crippen LogP contribution in [0.4, 0.5) is 0 Å². The summed E-state index contributed by atoms with van der Waals surface area (Å²) >= 11 is 0. The molecule has 0 atom stereocenters. The van der Waals surface area contributed by atoms with E-state index in [9.17, 15) is 0 Å². The van der Waals surface area contributed by atoms with Gasteiger partial charge in [0.05, 0.1) is 25.5 Å². The first-order chi connectivity index (χ1) is 8.38.